The zero-order valence-corrected chi connectivity index (χ0v) is 13.5. The van der Waals surface area contributed by atoms with Crippen LogP contribution in [0.5, 0.6) is 0 Å². The molecule has 3 heteroatoms. The van der Waals surface area contributed by atoms with Crippen LogP contribution in [0.1, 0.15) is 72.6 Å². The number of hydrogen-bond acceptors (Lipinski definition) is 3. The van der Waals surface area contributed by atoms with Gasteiger partial charge in [0.2, 0.25) is 0 Å². The van der Waals surface area contributed by atoms with Gasteiger partial charge in [0.05, 0.1) is 0 Å². The molecule has 1 aliphatic rings. The molecule has 0 amide bonds. The summed E-state index contributed by atoms with van der Waals surface area (Å²) in [7, 11) is 0. The summed E-state index contributed by atoms with van der Waals surface area (Å²) < 4.78 is 0. The lowest BCUT2D eigenvalue weighted by molar-refractivity contribution is 0.0352. The normalized spacial score (nSPS) is 23.8. The van der Waals surface area contributed by atoms with Gasteiger partial charge >= 0.3 is 0 Å². The number of hydrogen-bond donors (Lipinski definition) is 2. The monoisotopic (exact) mass is 269 g/mol. The minimum atomic E-state index is 0.206. The first-order valence-corrected chi connectivity index (χ1v) is 8.29. The zero-order valence-electron chi connectivity index (χ0n) is 13.5. The second-order valence-corrected chi connectivity index (χ2v) is 6.61. The van der Waals surface area contributed by atoms with Crippen molar-refractivity contribution < 1.29 is 0 Å². The zero-order chi connectivity index (χ0) is 14.3. The van der Waals surface area contributed by atoms with Gasteiger partial charge in [0, 0.05) is 11.6 Å². The molecule has 0 aromatic heterocycles. The summed E-state index contributed by atoms with van der Waals surface area (Å²) in [6.07, 6.45) is 9.01. The summed E-state index contributed by atoms with van der Waals surface area (Å²) in [6, 6.07) is 0.400. The third-order valence-corrected chi connectivity index (χ3v) is 5.17. The first kappa shape index (κ1) is 16.9. The maximum atomic E-state index is 5.91. The summed E-state index contributed by atoms with van der Waals surface area (Å²) in [4.78, 5) is 2.68. The maximum Gasteiger partial charge on any atom is 0.0394 e. The molecule has 3 atom stereocenters. The molecule has 114 valence electrons. The van der Waals surface area contributed by atoms with Crippen LogP contribution in [0.15, 0.2) is 0 Å². The molecule has 1 aliphatic heterocycles. The smallest absolute Gasteiger partial charge is 0.0394 e. The minimum absolute atomic E-state index is 0.206. The van der Waals surface area contributed by atoms with Crippen molar-refractivity contribution in [3.8, 4) is 0 Å². The van der Waals surface area contributed by atoms with Crippen molar-refractivity contribution in [1.29, 1.82) is 0 Å². The molecule has 0 aromatic rings. The van der Waals surface area contributed by atoms with E-state index in [9.17, 15) is 0 Å². The highest BCUT2D eigenvalue weighted by atomic mass is 15.3. The Morgan fingerprint density at radius 1 is 1.21 bits per heavy atom. The highest BCUT2D eigenvalue weighted by Gasteiger charge is 2.38. The van der Waals surface area contributed by atoms with Crippen molar-refractivity contribution in [3.63, 3.8) is 0 Å². The van der Waals surface area contributed by atoms with E-state index in [2.05, 4.69) is 38.0 Å². The molecule has 3 nitrogen and oxygen atoms in total. The molecule has 3 N–H and O–H groups in total. The van der Waals surface area contributed by atoms with Crippen LogP contribution in [0, 0.1) is 5.92 Å². The number of piperidine rings is 1. The predicted octanol–water partition coefficient (Wildman–Crippen LogP) is 3.30. The number of nitrogens with one attached hydrogen (secondary N) is 1. The van der Waals surface area contributed by atoms with Gasteiger partial charge in [-0.25, -0.2) is 0 Å². The van der Waals surface area contributed by atoms with Gasteiger partial charge in [0.15, 0.2) is 0 Å². The molecule has 0 saturated carbocycles. The van der Waals surface area contributed by atoms with E-state index in [1.807, 2.05) is 0 Å². The molecular weight excluding hydrogens is 234 g/mol. The Labute approximate surface area is 120 Å². The summed E-state index contributed by atoms with van der Waals surface area (Å²) in [5.41, 5.74) is 3.34. The van der Waals surface area contributed by atoms with Crippen LogP contribution in [0.3, 0.4) is 0 Å². The summed E-state index contributed by atoms with van der Waals surface area (Å²) in [6.45, 7) is 11.8. The van der Waals surface area contributed by atoms with E-state index >= 15 is 0 Å². The molecule has 19 heavy (non-hydrogen) atoms. The van der Waals surface area contributed by atoms with Gasteiger partial charge in [0.1, 0.15) is 0 Å². The van der Waals surface area contributed by atoms with Gasteiger partial charge in [0.25, 0.3) is 0 Å². The fourth-order valence-electron chi connectivity index (χ4n) is 3.61. The van der Waals surface area contributed by atoms with Crippen LogP contribution in [0.25, 0.3) is 0 Å². The topological polar surface area (TPSA) is 41.3 Å². The van der Waals surface area contributed by atoms with Crippen LogP contribution in [0.2, 0.25) is 0 Å². The highest BCUT2D eigenvalue weighted by Crippen LogP contribution is 2.30. The molecule has 1 saturated heterocycles. The van der Waals surface area contributed by atoms with Crippen molar-refractivity contribution in [3.05, 3.63) is 0 Å². The molecule has 0 aromatic carbocycles. The van der Waals surface area contributed by atoms with Crippen molar-refractivity contribution >= 4 is 0 Å². The molecule has 0 aliphatic carbocycles. The van der Waals surface area contributed by atoms with Gasteiger partial charge in [-0.05, 0) is 51.6 Å². The lowest BCUT2D eigenvalue weighted by Crippen LogP contribution is -2.62. The minimum Gasteiger partial charge on any atom is -0.296 e. The van der Waals surface area contributed by atoms with Gasteiger partial charge in [-0.2, -0.15) is 0 Å². The van der Waals surface area contributed by atoms with Crippen LogP contribution >= 0.6 is 0 Å². The molecule has 0 radical (unpaired) electrons. The average molecular weight is 269 g/mol. The first-order valence-electron chi connectivity index (χ1n) is 8.29. The van der Waals surface area contributed by atoms with E-state index in [0.717, 1.165) is 5.92 Å². The number of hydrazine groups is 1. The van der Waals surface area contributed by atoms with Crippen molar-refractivity contribution in [1.82, 2.24) is 10.3 Å². The van der Waals surface area contributed by atoms with Gasteiger partial charge in [-0.1, -0.05) is 40.0 Å². The van der Waals surface area contributed by atoms with Crippen molar-refractivity contribution in [2.75, 3.05) is 13.1 Å². The van der Waals surface area contributed by atoms with E-state index in [1.54, 1.807) is 0 Å². The van der Waals surface area contributed by atoms with Crippen molar-refractivity contribution in [2.24, 2.45) is 11.8 Å². The third kappa shape index (κ3) is 4.44. The third-order valence-electron chi connectivity index (χ3n) is 5.17. The molecule has 3 unspecified atom stereocenters. The van der Waals surface area contributed by atoms with E-state index in [1.165, 1.54) is 58.0 Å². The van der Waals surface area contributed by atoms with Crippen molar-refractivity contribution in [2.45, 2.75) is 84.2 Å². The van der Waals surface area contributed by atoms with E-state index in [4.69, 9.17) is 5.84 Å². The Bertz CT molecular complexity index is 238. The molecular formula is C16H35N3. The fraction of sp³-hybridized carbons (Fsp3) is 1.00. The second kappa shape index (κ2) is 8.23. The summed E-state index contributed by atoms with van der Waals surface area (Å²) in [5.74, 6) is 6.66. The number of nitrogens with two attached hydrogens (primary N) is 1. The Kier molecular flexibility index (Phi) is 7.33. The molecule has 0 spiro atoms. The van der Waals surface area contributed by atoms with Gasteiger partial charge < -0.3 is 0 Å². The number of rotatable bonds is 8. The highest BCUT2D eigenvalue weighted by molar-refractivity contribution is 4.96. The van der Waals surface area contributed by atoms with Crippen LogP contribution in [-0.4, -0.2) is 29.6 Å². The Morgan fingerprint density at radius 3 is 2.32 bits per heavy atom. The van der Waals surface area contributed by atoms with Gasteiger partial charge in [-0.3, -0.25) is 16.2 Å². The van der Waals surface area contributed by atoms with E-state index in [0.29, 0.717) is 6.04 Å². The van der Waals surface area contributed by atoms with E-state index < -0.39 is 0 Å². The predicted molar refractivity (Wildman–Crippen MR) is 83.9 cm³/mol. The second-order valence-electron chi connectivity index (χ2n) is 6.61. The van der Waals surface area contributed by atoms with Crippen LogP contribution < -0.4 is 11.3 Å². The van der Waals surface area contributed by atoms with Crippen LogP contribution in [-0.2, 0) is 0 Å². The fourth-order valence-corrected chi connectivity index (χ4v) is 3.61. The largest absolute Gasteiger partial charge is 0.296 e. The number of likely N-dealkylation sites (tertiary alicyclic amines) is 1. The molecule has 1 fully saturated rings. The lowest BCUT2D eigenvalue weighted by Gasteiger charge is -2.48. The molecule has 0 bridgehead atoms. The average Bonchev–Trinajstić information content (AvgIpc) is 2.45. The first-order chi connectivity index (χ1) is 9.08. The SMILES string of the molecule is CCCC(C)CC(NN)C(C)(CC)N1CCCCC1. The molecule has 1 heterocycles. The lowest BCUT2D eigenvalue weighted by atomic mass is 9.80. The van der Waals surface area contributed by atoms with Crippen LogP contribution in [0.4, 0.5) is 0 Å². The summed E-state index contributed by atoms with van der Waals surface area (Å²) >= 11 is 0. The van der Waals surface area contributed by atoms with E-state index in [-0.39, 0.29) is 5.54 Å². The number of nitrogens with zero attached hydrogens (tertiary/aromatic N) is 1. The Morgan fingerprint density at radius 2 is 1.84 bits per heavy atom. The molecule has 1 rings (SSSR count). The Hall–Kier alpha value is -0.120. The quantitative estimate of drug-likeness (QED) is 0.525. The Balaban J connectivity index is 2.71. The maximum absolute atomic E-state index is 5.91. The standard InChI is InChI=1S/C16H35N3/c1-5-10-14(3)13-15(18-17)16(4,6-2)19-11-8-7-9-12-19/h14-15,18H,5-13,17H2,1-4H3. The van der Waals surface area contributed by atoms with Gasteiger partial charge in [-0.15, -0.1) is 0 Å². The summed E-state index contributed by atoms with van der Waals surface area (Å²) in [5, 5.41) is 0.